The largest absolute Gasteiger partial charge is 0.485 e. The monoisotopic (exact) mass is 355 g/mol. The molecule has 104 valence electrons. The third-order valence-corrected chi connectivity index (χ3v) is 4.24. The van der Waals surface area contributed by atoms with E-state index in [4.69, 9.17) is 22.1 Å². The van der Waals surface area contributed by atoms with Gasteiger partial charge < -0.3 is 10.5 Å². The van der Waals surface area contributed by atoms with Crippen LogP contribution in [0.1, 0.15) is 29.7 Å². The third kappa shape index (κ3) is 2.55. The zero-order valence-corrected chi connectivity index (χ0v) is 12.8. The van der Waals surface area contributed by atoms with Crippen molar-refractivity contribution in [3.05, 3.63) is 62.8 Å². The van der Waals surface area contributed by atoms with E-state index >= 15 is 0 Å². The second-order valence-corrected chi connectivity index (χ2v) is 6.12. The number of hydrogen-bond donors (Lipinski definition) is 1. The number of ether oxygens (including phenoxy) is 1. The number of fused-ring (bicyclic) bond motifs is 1. The highest BCUT2D eigenvalue weighted by Crippen LogP contribution is 2.42. The number of hydrogen-bond acceptors (Lipinski definition) is 2. The molecule has 5 heteroatoms. The minimum absolute atomic E-state index is 0.137. The van der Waals surface area contributed by atoms with Crippen molar-refractivity contribution in [3.8, 4) is 5.75 Å². The average molecular weight is 357 g/mol. The first kappa shape index (κ1) is 13.9. The van der Waals surface area contributed by atoms with Crippen LogP contribution in [0, 0.1) is 5.82 Å². The van der Waals surface area contributed by atoms with E-state index in [1.807, 2.05) is 18.2 Å². The lowest BCUT2D eigenvalue weighted by atomic mass is 9.93. The zero-order valence-electron chi connectivity index (χ0n) is 10.4. The van der Waals surface area contributed by atoms with Gasteiger partial charge in [-0.15, -0.1) is 0 Å². The van der Waals surface area contributed by atoms with Gasteiger partial charge in [-0.2, -0.15) is 0 Å². The van der Waals surface area contributed by atoms with Crippen molar-refractivity contribution in [2.45, 2.75) is 18.6 Å². The van der Waals surface area contributed by atoms with Crippen molar-refractivity contribution in [2.24, 2.45) is 5.73 Å². The van der Waals surface area contributed by atoms with Gasteiger partial charge in [-0.3, -0.25) is 0 Å². The number of benzene rings is 2. The molecule has 0 spiro atoms. The Hall–Kier alpha value is -1.10. The highest BCUT2D eigenvalue weighted by Gasteiger charge is 2.28. The van der Waals surface area contributed by atoms with Crippen LogP contribution >= 0.6 is 27.5 Å². The molecule has 0 aliphatic carbocycles. The van der Waals surface area contributed by atoms with Crippen LogP contribution in [0.4, 0.5) is 4.39 Å². The summed E-state index contributed by atoms with van der Waals surface area (Å²) in [7, 11) is 0. The summed E-state index contributed by atoms with van der Waals surface area (Å²) in [4.78, 5) is 0. The zero-order chi connectivity index (χ0) is 14.3. The molecule has 0 aromatic heterocycles. The van der Waals surface area contributed by atoms with Gasteiger partial charge in [0.2, 0.25) is 0 Å². The van der Waals surface area contributed by atoms with Crippen molar-refractivity contribution in [1.82, 2.24) is 0 Å². The summed E-state index contributed by atoms with van der Waals surface area (Å²) in [5, 5.41) is 0.364. The molecular weight excluding hydrogens is 345 g/mol. The van der Waals surface area contributed by atoms with Gasteiger partial charge in [-0.1, -0.05) is 33.6 Å². The molecule has 2 N–H and O–H groups in total. The van der Waals surface area contributed by atoms with Crippen molar-refractivity contribution in [3.63, 3.8) is 0 Å². The SMILES string of the molecule is NC1CC(c2ccc(F)cc2Cl)Oc2ccc(Br)cc21. The first-order valence-electron chi connectivity index (χ1n) is 6.21. The summed E-state index contributed by atoms with van der Waals surface area (Å²) < 4.78 is 20.0. The lowest BCUT2D eigenvalue weighted by molar-refractivity contribution is 0.161. The molecule has 0 saturated heterocycles. The van der Waals surface area contributed by atoms with Crippen LogP contribution in [0.5, 0.6) is 5.75 Å². The summed E-state index contributed by atoms with van der Waals surface area (Å²) in [5.74, 6) is 0.389. The maximum absolute atomic E-state index is 13.1. The van der Waals surface area contributed by atoms with Crippen molar-refractivity contribution in [2.75, 3.05) is 0 Å². The second kappa shape index (κ2) is 5.35. The predicted molar refractivity (Wildman–Crippen MR) is 80.5 cm³/mol. The molecular formula is C15H12BrClFNO. The Morgan fingerprint density at radius 3 is 2.75 bits per heavy atom. The lowest BCUT2D eigenvalue weighted by Gasteiger charge is -2.31. The molecule has 20 heavy (non-hydrogen) atoms. The summed E-state index contributed by atoms with van der Waals surface area (Å²) in [6.07, 6.45) is 0.348. The molecule has 2 aromatic rings. The summed E-state index contributed by atoms with van der Waals surface area (Å²) >= 11 is 9.52. The van der Waals surface area contributed by atoms with E-state index in [0.29, 0.717) is 11.4 Å². The van der Waals surface area contributed by atoms with E-state index in [1.54, 1.807) is 6.07 Å². The second-order valence-electron chi connectivity index (χ2n) is 4.80. The molecule has 0 fully saturated rings. The van der Waals surface area contributed by atoms with Gasteiger partial charge in [0.15, 0.2) is 0 Å². The fourth-order valence-corrected chi connectivity index (χ4v) is 3.10. The van der Waals surface area contributed by atoms with Crippen LogP contribution in [0.2, 0.25) is 5.02 Å². The Kier molecular flexibility index (Phi) is 3.71. The van der Waals surface area contributed by atoms with Crippen LogP contribution in [0.15, 0.2) is 40.9 Å². The van der Waals surface area contributed by atoms with Crippen LogP contribution in [0.3, 0.4) is 0 Å². The molecule has 3 rings (SSSR count). The van der Waals surface area contributed by atoms with E-state index < -0.39 is 0 Å². The van der Waals surface area contributed by atoms with E-state index in [0.717, 1.165) is 21.3 Å². The third-order valence-electron chi connectivity index (χ3n) is 3.42. The van der Waals surface area contributed by atoms with Gasteiger partial charge in [-0.05, 0) is 30.3 Å². The van der Waals surface area contributed by atoms with Gasteiger partial charge in [0.1, 0.15) is 17.7 Å². The van der Waals surface area contributed by atoms with Crippen LogP contribution in [-0.4, -0.2) is 0 Å². The molecule has 0 bridgehead atoms. The molecule has 0 radical (unpaired) electrons. The van der Waals surface area contributed by atoms with Crippen LogP contribution in [0.25, 0.3) is 0 Å². The van der Waals surface area contributed by atoms with Gasteiger partial charge in [0.25, 0.3) is 0 Å². The molecule has 2 unspecified atom stereocenters. The molecule has 2 aromatic carbocycles. The van der Waals surface area contributed by atoms with Crippen molar-refractivity contribution in [1.29, 1.82) is 0 Å². The van der Waals surface area contributed by atoms with Gasteiger partial charge in [0, 0.05) is 28.1 Å². The van der Waals surface area contributed by atoms with Gasteiger partial charge >= 0.3 is 0 Å². The Morgan fingerprint density at radius 1 is 1.20 bits per heavy atom. The first-order chi connectivity index (χ1) is 9.54. The lowest BCUT2D eigenvalue weighted by Crippen LogP contribution is -2.24. The molecule has 2 nitrogen and oxygen atoms in total. The van der Waals surface area contributed by atoms with Crippen molar-refractivity contribution < 1.29 is 9.13 Å². The Labute approximate surface area is 129 Å². The predicted octanol–water partition coefficient (Wildman–Crippen LogP) is 4.77. The Bertz CT molecular complexity index is 664. The van der Waals surface area contributed by atoms with Crippen LogP contribution < -0.4 is 10.5 Å². The summed E-state index contributed by atoms with van der Waals surface area (Å²) in [5.41, 5.74) is 7.93. The summed E-state index contributed by atoms with van der Waals surface area (Å²) in [6, 6.07) is 9.93. The fraction of sp³-hybridized carbons (Fsp3) is 0.200. The molecule has 1 aliphatic heterocycles. The van der Waals surface area contributed by atoms with Gasteiger partial charge in [-0.25, -0.2) is 4.39 Å². The Morgan fingerprint density at radius 2 is 2.00 bits per heavy atom. The molecule has 1 heterocycles. The minimum atomic E-state index is -0.358. The minimum Gasteiger partial charge on any atom is -0.485 e. The van der Waals surface area contributed by atoms with Crippen molar-refractivity contribution >= 4 is 27.5 Å². The van der Waals surface area contributed by atoms with E-state index in [-0.39, 0.29) is 18.0 Å². The Balaban J connectivity index is 1.97. The quantitative estimate of drug-likeness (QED) is 0.799. The van der Waals surface area contributed by atoms with E-state index in [2.05, 4.69) is 15.9 Å². The smallest absolute Gasteiger partial charge is 0.127 e. The van der Waals surface area contributed by atoms with E-state index in [9.17, 15) is 4.39 Å². The number of rotatable bonds is 1. The molecule has 2 atom stereocenters. The first-order valence-corrected chi connectivity index (χ1v) is 7.38. The fourth-order valence-electron chi connectivity index (χ4n) is 2.43. The average Bonchev–Trinajstić information content (AvgIpc) is 2.39. The summed E-state index contributed by atoms with van der Waals surface area (Å²) in [6.45, 7) is 0. The number of nitrogens with two attached hydrogens (primary N) is 1. The molecule has 0 saturated carbocycles. The van der Waals surface area contributed by atoms with E-state index in [1.165, 1.54) is 12.1 Å². The highest BCUT2D eigenvalue weighted by molar-refractivity contribution is 9.10. The molecule has 1 aliphatic rings. The standard InChI is InChI=1S/C15H12BrClFNO/c16-8-1-4-14-11(5-8)13(19)7-15(20-14)10-3-2-9(18)6-12(10)17/h1-6,13,15H,7,19H2. The van der Waals surface area contributed by atoms with Gasteiger partial charge in [0.05, 0.1) is 5.02 Å². The van der Waals surface area contributed by atoms with Crippen LogP contribution in [-0.2, 0) is 0 Å². The molecule has 0 amide bonds. The number of halogens is 3. The topological polar surface area (TPSA) is 35.2 Å². The maximum Gasteiger partial charge on any atom is 0.127 e. The maximum atomic E-state index is 13.1. The normalized spacial score (nSPS) is 21.2. The highest BCUT2D eigenvalue weighted by atomic mass is 79.9.